The Balaban J connectivity index is 1.83. The monoisotopic (exact) mass is 336 g/mol. The molecular weight excluding hydrogens is 312 g/mol. The van der Waals surface area contributed by atoms with Gasteiger partial charge in [0.25, 0.3) is 0 Å². The minimum atomic E-state index is -1.05. The molecule has 0 radical (unpaired) electrons. The first-order valence-electron chi connectivity index (χ1n) is 8.18. The summed E-state index contributed by atoms with van der Waals surface area (Å²) in [6, 6.07) is 1.43. The van der Waals surface area contributed by atoms with Crippen LogP contribution in [-0.4, -0.2) is 40.9 Å². The highest BCUT2D eigenvalue weighted by molar-refractivity contribution is 5.88. The van der Waals surface area contributed by atoms with Crippen molar-refractivity contribution in [2.75, 3.05) is 13.1 Å². The van der Waals surface area contributed by atoms with Crippen LogP contribution < -0.4 is 5.32 Å². The number of aromatic carboxylic acids is 1. The third kappa shape index (κ3) is 4.15. The molecule has 1 aliphatic heterocycles. The number of carboxylic acids is 1. The number of nitrogens with one attached hydrogen (secondary N) is 1. The summed E-state index contributed by atoms with van der Waals surface area (Å²) in [6.07, 6.45) is 1.28. The smallest absolute Gasteiger partial charge is 0.339 e. The molecule has 0 unspecified atom stereocenters. The first kappa shape index (κ1) is 18.0. The van der Waals surface area contributed by atoms with E-state index in [0.29, 0.717) is 37.5 Å². The average Bonchev–Trinajstić information content (AvgIpc) is 2.93. The van der Waals surface area contributed by atoms with E-state index in [-0.39, 0.29) is 35.8 Å². The quantitative estimate of drug-likeness (QED) is 0.854. The van der Waals surface area contributed by atoms with Crippen LogP contribution in [-0.2, 0) is 16.1 Å². The van der Waals surface area contributed by atoms with Gasteiger partial charge in [-0.05, 0) is 25.8 Å². The Morgan fingerprint density at radius 1 is 1.33 bits per heavy atom. The van der Waals surface area contributed by atoms with Crippen molar-refractivity contribution in [2.24, 2.45) is 11.8 Å². The topological polar surface area (TPSA) is 99.9 Å². The van der Waals surface area contributed by atoms with Crippen LogP contribution in [0.15, 0.2) is 10.5 Å². The van der Waals surface area contributed by atoms with E-state index in [4.69, 9.17) is 9.52 Å². The van der Waals surface area contributed by atoms with Gasteiger partial charge in [0, 0.05) is 24.9 Å². The maximum absolute atomic E-state index is 12.2. The summed E-state index contributed by atoms with van der Waals surface area (Å²) in [5.74, 6) is -0.412. The number of nitrogens with zero attached hydrogens (tertiary/aromatic N) is 1. The second-order valence-corrected chi connectivity index (χ2v) is 6.46. The second-order valence-electron chi connectivity index (χ2n) is 6.46. The average molecular weight is 336 g/mol. The Hall–Kier alpha value is -2.31. The second kappa shape index (κ2) is 7.51. The maximum atomic E-state index is 12.2. The van der Waals surface area contributed by atoms with Crippen LogP contribution in [0.1, 0.15) is 48.6 Å². The van der Waals surface area contributed by atoms with Crippen LogP contribution in [0.25, 0.3) is 0 Å². The SMILES string of the molecule is Cc1oc(CNC(=O)C2CCN(C(=O)C(C)C)CC2)cc1C(=O)O. The summed E-state index contributed by atoms with van der Waals surface area (Å²) in [6.45, 7) is 6.68. The van der Waals surface area contributed by atoms with Gasteiger partial charge in [0.2, 0.25) is 11.8 Å². The fourth-order valence-electron chi connectivity index (χ4n) is 2.89. The number of carbonyl (C=O) groups excluding carboxylic acids is 2. The van der Waals surface area contributed by atoms with Crippen LogP contribution in [0.4, 0.5) is 0 Å². The molecule has 0 spiro atoms. The van der Waals surface area contributed by atoms with Crippen LogP contribution >= 0.6 is 0 Å². The van der Waals surface area contributed by atoms with Gasteiger partial charge in [-0.25, -0.2) is 4.79 Å². The third-order valence-corrected chi connectivity index (χ3v) is 4.31. The molecule has 1 saturated heterocycles. The highest BCUT2D eigenvalue weighted by Crippen LogP contribution is 2.20. The number of carbonyl (C=O) groups is 3. The predicted molar refractivity (Wildman–Crippen MR) is 86.4 cm³/mol. The van der Waals surface area contributed by atoms with E-state index in [9.17, 15) is 14.4 Å². The van der Waals surface area contributed by atoms with Crippen LogP contribution in [0.3, 0.4) is 0 Å². The summed E-state index contributed by atoms with van der Waals surface area (Å²) >= 11 is 0. The minimum Gasteiger partial charge on any atom is -0.478 e. The van der Waals surface area contributed by atoms with Gasteiger partial charge in [0.05, 0.1) is 6.54 Å². The molecule has 1 aliphatic rings. The Morgan fingerprint density at radius 2 is 1.96 bits per heavy atom. The van der Waals surface area contributed by atoms with E-state index < -0.39 is 5.97 Å². The van der Waals surface area contributed by atoms with E-state index in [1.807, 2.05) is 18.7 Å². The molecular formula is C17H24N2O5. The number of carboxylic acid groups (broad SMARTS) is 1. The van der Waals surface area contributed by atoms with Crippen molar-refractivity contribution in [2.45, 2.75) is 40.2 Å². The molecule has 132 valence electrons. The summed E-state index contributed by atoms with van der Waals surface area (Å²) in [5, 5.41) is 11.8. The Labute approximate surface area is 141 Å². The van der Waals surface area contributed by atoms with E-state index in [1.54, 1.807) is 6.92 Å². The fraction of sp³-hybridized carbons (Fsp3) is 0.588. The van der Waals surface area contributed by atoms with Crippen molar-refractivity contribution >= 4 is 17.8 Å². The zero-order chi connectivity index (χ0) is 17.9. The van der Waals surface area contributed by atoms with Crippen molar-refractivity contribution in [3.63, 3.8) is 0 Å². The molecule has 1 fully saturated rings. The molecule has 2 heterocycles. The summed E-state index contributed by atoms with van der Waals surface area (Å²) < 4.78 is 5.34. The molecule has 2 N–H and O–H groups in total. The number of amides is 2. The molecule has 7 nitrogen and oxygen atoms in total. The van der Waals surface area contributed by atoms with Gasteiger partial charge in [0.15, 0.2) is 0 Å². The van der Waals surface area contributed by atoms with Crippen LogP contribution in [0, 0.1) is 18.8 Å². The fourth-order valence-corrected chi connectivity index (χ4v) is 2.89. The number of piperidine rings is 1. The first-order valence-corrected chi connectivity index (χ1v) is 8.18. The molecule has 0 bridgehead atoms. The minimum absolute atomic E-state index is 0.0269. The van der Waals surface area contributed by atoms with Gasteiger partial charge in [0.1, 0.15) is 17.1 Å². The lowest BCUT2D eigenvalue weighted by Crippen LogP contribution is -2.44. The highest BCUT2D eigenvalue weighted by atomic mass is 16.4. The van der Waals surface area contributed by atoms with Gasteiger partial charge >= 0.3 is 5.97 Å². The summed E-state index contributed by atoms with van der Waals surface area (Å²) in [5.41, 5.74) is 0.111. The molecule has 24 heavy (non-hydrogen) atoms. The van der Waals surface area contributed by atoms with Gasteiger partial charge in [-0.15, -0.1) is 0 Å². The number of hydrogen-bond acceptors (Lipinski definition) is 4. The molecule has 0 aliphatic carbocycles. The Kier molecular flexibility index (Phi) is 5.64. The first-order chi connectivity index (χ1) is 11.3. The molecule has 2 rings (SSSR count). The molecule has 0 saturated carbocycles. The lowest BCUT2D eigenvalue weighted by atomic mass is 9.95. The van der Waals surface area contributed by atoms with E-state index in [1.165, 1.54) is 6.07 Å². The molecule has 1 aromatic heterocycles. The van der Waals surface area contributed by atoms with Crippen molar-refractivity contribution in [1.82, 2.24) is 10.2 Å². The van der Waals surface area contributed by atoms with Gasteiger partial charge < -0.3 is 19.7 Å². The Morgan fingerprint density at radius 3 is 2.46 bits per heavy atom. The van der Waals surface area contributed by atoms with Crippen LogP contribution in [0.2, 0.25) is 0 Å². The van der Waals surface area contributed by atoms with Crippen molar-refractivity contribution in [1.29, 1.82) is 0 Å². The highest BCUT2D eigenvalue weighted by Gasteiger charge is 2.28. The van der Waals surface area contributed by atoms with Gasteiger partial charge in [-0.1, -0.05) is 13.8 Å². The molecule has 0 atom stereocenters. The zero-order valence-electron chi connectivity index (χ0n) is 14.3. The third-order valence-electron chi connectivity index (χ3n) is 4.31. The number of aryl methyl sites for hydroxylation is 1. The van der Waals surface area contributed by atoms with Crippen molar-refractivity contribution < 1.29 is 23.9 Å². The standard InChI is InChI=1S/C17H24N2O5/c1-10(2)16(21)19-6-4-12(5-7-19)15(20)18-9-13-8-14(17(22)23)11(3)24-13/h8,10,12H,4-7,9H2,1-3H3,(H,18,20)(H,22,23). The normalized spacial score (nSPS) is 15.6. The maximum Gasteiger partial charge on any atom is 0.339 e. The molecule has 7 heteroatoms. The van der Waals surface area contributed by atoms with Crippen molar-refractivity contribution in [3.05, 3.63) is 23.2 Å². The lowest BCUT2D eigenvalue weighted by molar-refractivity contribution is -0.138. The van der Waals surface area contributed by atoms with E-state index >= 15 is 0 Å². The van der Waals surface area contributed by atoms with E-state index in [0.717, 1.165) is 0 Å². The lowest BCUT2D eigenvalue weighted by Gasteiger charge is -2.32. The number of likely N-dealkylation sites (tertiary alicyclic amines) is 1. The van der Waals surface area contributed by atoms with Gasteiger partial charge in [-0.2, -0.15) is 0 Å². The van der Waals surface area contributed by atoms with Gasteiger partial charge in [-0.3, -0.25) is 9.59 Å². The summed E-state index contributed by atoms with van der Waals surface area (Å²) in [7, 11) is 0. The molecule has 0 aromatic carbocycles. The van der Waals surface area contributed by atoms with E-state index in [2.05, 4.69) is 5.32 Å². The molecule has 2 amide bonds. The number of furan rings is 1. The van der Waals surface area contributed by atoms with Crippen molar-refractivity contribution in [3.8, 4) is 0 Å². The van der Waals surface area contributed by atoms with Crippen LogP contribution in [0.5, 0.6) is 0 Å². The summed E-state index contributed by atoms with van der Waals surface area (Å²) in [4.78, 5) is 37.0. The number of hydrogen-bond donors (Lipinski definition) is 2. The zero-order valence-corrected chi connectivity index (χ0v) is 14.3. The Bertz CT molecular complexity index is 627. The number of rotatable bonds is 5. The largest absolute Gasteiger partial charge is 0.478 e. The predicted octanol–water partition coefficient (Wildman–Crippen LogP) is 1.80. The molecule has 1 aromatic rings.